The number of carbonyl (C=O) groups is 1. The fourth-order valence-corrected chi connectivity index (χ4v) is 4.17. The summed E-state index contributed by atoms with van der Waals surface area (Å²) in [4.78, 5) is 19.0. The fourth-order valence-electron chi connectivity index (χ4n) is 3.41. The number of rotatable bonds is 4. The van der Waals surface area contributed by atoms with Crippen molar-refractivity contribution in [3.05, 3.63) is 47.0 Å². The number of piperidine rings is 1. The van der Waals surface area contributed by atoms with E-state index in [0.29, 0.717) is 18.9 Å². The molecular weight excluding hydrogens is 320 g/mol. The van der Waals surface area contributed by atoms with Gasteiger partial charge in [-0.1, -0.05) is 18.2 Å². The number of thiazole rings is 1. The van der Waals surface area contributed by atoms with E-state index in [9.17, 15) is 4.79 Å². The maximum absolute atomic E-state index is 12.6. The van der Waals surface area contributed by atoms with Gasteiger partial charge < -0.3 is 4.90 Å². The molecule has 0 N–H and O–H groups in total. The molecule has 0 saturated carbocycles. The summed E-state index contributed by atoms with van der Waals surface area (Å²) in [7, 11) is 0. The summed E-state index contributed by atoms with van der Waals surface area (Å²) >= 11 is 1.69. The number of benzene rings is 1. The highest BCUT2D eigenvalue weighted by Crippen LogP contribution is 2.28. The van der Waals surface area contributed by atoms with Gasteiger partial charge in [0.25, 0.3) is 0 Å². The molecule has 124 valence electrons. The Kier molecular flexibility index (Phi) is 4.30. The van der Waals surface area contributed by atoms with Crippen LogP contribution in [0.4, 0.5) is 0 Å². The molecule has 2 aromatic heterocycles. The molecule has 0 bridgehead atoms. The number of aromatic nitrogens is 3. The fraction of sp³-hybridized carbons (Fsp3) is 0.389. The zero-order valence-corrected chi connectivity index (χ0v) is 14.3. The Hall–Kier alpha value is -2.21. The number of aryl methyl sites for hydroxylation is 1. The van der Waals surface area contributed by atoms with Crippen LogP contribution in [0.25, 0.3) is 10.9 Å². The minimum atomic E-state index is 0.218. The van der Waals surface area contributed by atoms with E-state index in [0.717, 1.165) is 41.8 Å². The SMILES string of the molecule is O=C(CCn1ncc2ccccc21)N1CCC[C@H](c2nccs2)C1. The zero-order valence-electron chi connectivity index (χ0n) is 13.5. The van der Waals surface area contributed by atoms with E-state index >= 15 is 0 Å². The van der Waals surface area contributed by atoms with Gasteiger partial charge in [0.1, 0.15) is 0 Å². The Morgan fingerprint density at radius 1 is 1.33 bits per heavy atom. The van der Waals surface area contributed by atoms with Crippen LogP contribution in [0.1, 0.15) is 30.2 Å². The molecule has 1 saturated heterocycles. The van der Waals surface area contributed by atoms with Crippen LogP contribution in [0.2, 0.25) is 0 Å². The second-order valence-corrected chi connectivity index (χ2v) is 7.15. The molecule has 1 aliphatic rings. The molecule has 0 aliphatic carbocycles. The van der Waals surface area contributed by atoms with Crippen molar-refractivity contribution in [2.24, 2.45) is 0 Å². The smallest absolute Gasteiger partial charge is 0.224 e. The van der Waals surface area contributed by atoms with Gasteiger partial charge in [-0.05, 0) is 18.9 Å². The summed E-state index contributed by atoms with van der Waals surface area (Å²) in [5.41, 5.74) is 1.09. The third-order valence-corrected chi connectivity index (χ3v) is 5.60. The van der Waals surface area contributed by atoms with Crippen molar-refractivity contribution >= 4 is 28.1 Å². The summed E-state index contributed by atoms with van der Waals surface area (Å²) < 4.78 is 1.93. The first-order chi connectivity index (χ1) is 11.8. The number of amides is 1. The lowest BCUT2D eigenvalue weighted by atomic mass is 9.98. The first-order valence-corrected chi connectivity index (χ1v) is 9.27. The van der Waals surface area contributed by atoms with Gasteiger partial charge in [-0.2, -0.15) is 5.10 Å². The Morgan fingerprint density at radius 2 is 2.25 bits per heavy atom. The van der Waals surface area contributed by atoms with Crippen molar-refractivity contribution in [2.75, 3.05) is 13.1 Å². The van der Waals surface area contributed by atoms with Gasteiger partial charge in [0, 0.05) is 42.4 Å². The number of fused-ring (bicyclic) bond motifs is 1. The molecule has 24 heavy (non-hydrogen) atoms. The van der Waals surface area contributed by atoms with E-state index in [1.54, 1.807) is 11.3 Å². The third-order valence-electron chi connectivity index (χ3n) is 4.66. The van der Waals surface area contributed by atoms with E-state index < -0.39 is 0 Å². The molecule has 3 heterocycles. The van der Waals surface area contributed by atoms with Crippen molar-refractivity contribution in [1.82, 2.24) is 19.7 Å². The van der Waals surface area contributed by atoms with Gasteiger partial charge in [0.15, 0.2) is 0 Å². The van der Waals surface area contributed by atoms with Gasteiger partial charge >= 0.3 is 0 Å². The van der Waals surface area contributed by atoms with E-state index in [-0.39, 0.29) is 5.91 Å². The molecule has 1 aliphatic heterocycles. The quantitative estimate of drug-likeness (QED) is 0.732. The molecule has 1 fully saturated rings. The van der Waals surface area contributed by atoms with E-state index in [1.165, 1.54) is 0 Å². The van der Waals surface area contributed by atoms with Crippen LogP contribution >= 0.6 is 11.3 Å². The highest BCUT2D eigenvalue weighted by molar-refractivity contribution is 7.09. The maximum Gasteiger partial charge on any atom is 0.224 e. The number of hydrogen-bond acceptors (Lipinski definition) is 4. The first-order valence-electron chi connectivity index (χ1n) is 8.39. The van der Waals surface area contributed by atoms with Gasteiger partial charge in [-0.15, -0.1) is 11.3 Å². The molecule has 4 rings (SSSR count). The average Bonchev–Trinajstić information content (AvgIpc) is 3.30. The predicted molar refractivity (Wildman–Crippen MR) is 95.0 cm³/mol. The van der Waals surface area contributed by atoms with Crippen molar-refractivity contribution in [3.63, 3.8) is 0 Å². The number of carbonyl (C=O) groups excluding carboxylic acids is 1. The van der Waals surface area contributed by atoms with Gasteiger partial charge in [-0.3, -0.25) is 9.48 Å². The summed E-state index contributed by atoms with van der Waals surface area (Å²) in [6.45, 7) is 2.29. The summed E-state index contributed by atoms with van der Waals surface area (Å²) in [6, 6.07) is 8.10. The molecule has 0 unspecified atom stereocenters. The van der Waals surface area contributed by atoms with Crippen LogP contribution in [0, 0.1) is 0 Å². The Morgan fingerprint density at radius 3 is 3.12 bits per heavy atom. The number of likely N-dealkylation sites (tertiary alicyclic amines) is 1. The summed E-state index contributed by atoms with van der Waals surface area (Å²) in [5.74, 6) is 0.615. The summed E-state index contributed by atoms with van der Waals surface area (Å²) in [5, 5.41) is 8.69. The van der Waals surface area contributed by atoms with Gasteiger partial charge in [0.2, 0.25) is 5.91 Å². The molecule has 5 nitrogen and oxygen atoms in total. The van der Waals surface area contributed by atoms with Crippen molar-refractivity contribution in [1.29, 1.82) is 0 Å². The normalized spacial score (nSPS) is 18.2. The van der Waals surface area contributed by atoms with Crippen molar-refractivity contribution < 1.29 is 4.79 Å². The van der Waals surface area contributed by atoms with Crippen LogP contribution < -0.4 is 0 Å². The zero-order chi connectivity index (χ0) is 16.4. The average molecular weight is 340 g/mol. The third kappa shape index (κ3) is 3.06. The number of hydrogen-bond donors (Lipinski definition) is 0. The molecule has 0 radical (unpaired) electrons. The van der Waals surface area contributed by atoms with Crippen LogP contribution in [0.3, 0.4) is 0 Å². The monoisotopic (exact) mass is 340 g/mol. The predicted octanol–water partition coefficient (Wildman–Crippen LogP) is 3.29. The standard InChI is InChI=1S/C18H20N4OS/c23-17(7-10-22-16-6-2-1-4-14(16)12-20-22)21-9-3-5-15(13-21)18-19-8-11-24-18/h1-2,4,6,8,11-12,15H,3,5,7,9-10,13H2/t15-/m0/s1. The minimum Gasteiger partial charge on any atom is -0.342 e. The second-order valence-electron chi connectivity index (χ2n) is 6.23. The molecule has 3 aromatic rings. The lowest BCUT2D eigenvalue weighted by molar-refractivity contribution is -0.132. The van der Waals surface area contributed by atoms with Crippen molar-refractivity contribution in [3.8, 4) is 0 Å². The van der Waals surface area contributed by atoms with Crippen LogP contribution in [-0.2, 0) is 11.3 Å². The highest BCUT2D eigenvalue weighted by atomic mass is 32.1. The van der Waals surface area contributed by atoms with Gasteiger partial charge in [-0.25, -0.2) is 4.98 Å². The first kappa shape index (κ1) is 15.3. The lowest BCUT2D eigenvalue weighted by Gasteiger charge is -2.32. The molecular formula is C18H20N4OS. The highest BCUT2D eigenvalue weighted by Gasteiger charge is 2.26. The topological polar surface area (TPSA) is 51.0 Å². The van der Waals surface area contributed by atoms with Crippen LogP contribution in [0.5, 0.6) is 0 Å². The van der Waals surface area contributed by atoms with Crippen molar-refractivity contribution in [2.45, 2.75) is 31.7 Å². The molecule has 0 spiro atoms. The number of para-hydroxylation sites is 1. The Bertz CT molecular complexity index is 827. The Balaban J connectivity index is 1.39. The molecule has 6 heteroatoms. The lowest BCUT2D eigenvalue weighted by Crippen LogP contribution is -2.39. The molecule has 1 aromatic carbocycles. The van der Waals surface area contributed by atoms with Crippen LogP contribution in [-0.4, -0.2) is 38.7 Å². The van der Waals surface area contributed by atoms with E-state index in [4.69, 9.17) is 0 Å². The van der Waals surface area contributed by atoms with Crippen LogP contribution in [0.15, 0.2) is 42.0 Å². The maximum atomic E-state index is 12.6. The molecule has 1 atom stereocenters. The largest absolute Gasteiger partial charge is 0.342 e. The summed E-state index contributed by atoms with van der Waals surface area (Å²) in [6.07, 6.45) is 6.39. The van der Waals surface area contributed by atoms with E-state index in [1.807, 2.05) is 51.6 Å². The second kappa shape index (κ2) is 6.73. The van der Waals surface area contributed by atoms with Gasteiger partial charge in [0.05, 0.1) is 23.3 Å². The minimum absolute atomic E-state index is 0.218. The van der Waals surface area contributed by atoms with E-state index in [2.05, 4.69) is 10.1 Å². The number of nitrogens with zero attached hydrogens (tertiary/aromatic N) is 4. The Labute approximate surface area is 144 Å². The molecule has 1 amide bonds.